The van der Waals surface area contributed by atoms with Gasteiger partial charge in [0.15, 0.2) is 0 Å². The molecule has 100 valence electrons. The second kappa shape index (κ2) is 6.30. The molecule has 1 saturated heterocycles. The molecule has 2 rings (SSSR count). The first-order valence-electron chi connectivity index (χ1n) is 6.74. The molecule has 2 atom stereocenters. The van der Waals surface area contributed by atoms with Crippen LogP contribution in [0.15, 0.2) is 24.3 Å². The first-order valence-corrected chi connectivity index (χ1v) is 6.74. The topological polar surface area (TPSA) is 21.3 Å². The lowest BCUT2D eigenvalue weighted by Gasteiger charge is -2.20. The highest BCUT2D eigenvalue weighted by molar-refractivity contribution is 5.20. The number of benzene rings is 1. The predicted octanol–water partition coefficient (Wildman–Crippen LogP) is 3.15. The van der Waals surface area contributed by atoms with Crippen molar-refractivity contribution in [3.8, 4) is 0 Å². The fraction of sp³-hybridized carbons (Fsp3) is 0.600. The van der Waals surface area contributed by atoms with E-state index in [1.165, 1.54) is 12.1 Å². The minimum absolute atomic E-state index is 0.116. The van der Waals surface area contributed by atoms with Crippen molar-refractivity contribution >= 4 is 0 Å². The Bertz CT molecular complexity index is 363. The molecule has 1 fully saturated rings. The molecule has 1 N–H and O–H groups in total. The van der Waals surface area contributed by atoms with Crippen LogP contribution in [-0.4, -0.2) is 19.7 Å². The molecule has 1 aliphatic rings. The second-order valence-corrected chi connectivity index (χ2v) is 5.44. The van der Waals surface area contributed by atoms with E-state index < -0.39 is 0 Å². The molecule has 0 bridgehead atoms. The van der Waals surface area contributed by atoms with Crippen LogP contribution in [0.5, 0.6) is 0 Å². The van der Waals surface area contributed by atoms with Gasteiger partial charge < -0.3 is 10.1 Å². The van der Waals surface area contributed by atoms with Crippen molar-refractivity contribution in [1.29, 1.82) is 0 Å². The monoisotopic (exact) mass is 251 g/mol. The number of ether oxygens (including phenoxy) is 1. The van der Waals surface area contributed by atoms with Gasteiger partial charge in [0, 0.05) is 19.1 Å². The Kier molecular flexibility index (Phi) is 4.72. The molecule has 0 saturated carbocycles. The standard InChI is InChI=1S/C15H22FNO/c1-11(2)9-17-10-13-7-8-18-15(13)12-3-5-14(16)6-4-12/h3-6,11,13,15,17H,7-10H2,1-2H3. The normalized spacial score (nSPS) is 23.8. The van der Waals surface area contributed by atoms with Gasteiger partial charge in [-0.05, 0) is 36.6 Å². The SMILES string of the molecule is CC(C)CNCC1CCOC1c1ccc(F)cc1. The third-order valence-corrected chi connectivity index (χ3v) is 3.37. The fourth-order valence-corrected chi connectivity index (χ4v) is 2.42. The maximum Gasteiger partial charge on any atom is 0.123 e. The van der Waals surface area contributed by atoms with Crippen molar-refractivity contribution in [2.24, 2.45) is 11.8 Å². The minimum atomic E-state index is -0.189. The zero-order chi connectivity index (χ0) is 13.0. The summed E-state index contributed by atoms with van der Waals surface area (Å²) in [5.74, 6) is 0.969. The van der Waals surface area contributed by atoms with Crippen LogP contribution in [0.4, 0.5) is 4.39 Å². The van der Waals surface area contributed by atoms with E-state index in [1.54, 1.807) is 0 Å². The van der Waals surface area contributed by atoms with E-state index in [2.05, 4.69) is 19.2 Å². The van der Waals surface area contributed by atoms with Gasteiger partial charge in [0.05, 0.1) is 6.10 Å². The average molecular weight is 251 g/mol. The third-order valence-electron chi connectivity index (χ3n) is 3.37. The van der Waals surface area contributed by atoms with E-state index in [1.807, 2.05) is 12.1 Å². The smallest absolute Gasteiger partial charge is 0.123 e. The summed E-state index contributed by atoms with van der Waals surface area (Å²) in [7, 11) is 0. The Hall–Kier alpha value is -0.930. The highest BCUT2D eigenvalue weighted by Gasteiger charge is 2.29. The van der Waals surface area contributed by atoms with Gasteiger partial charge in [-0.15, -0.1) is 0 Å². The molecule has 0 aromatic heterocycles. The van der Waals surface area contributed by atoms with E-state index >= 15 is 0 Å². The Morgan fingerprint density at radius 2 is 2.06 bits per heavy atom. The van der Waals surface area contributed by atoms with Crippen LogP contribution in [0.2, 0.25) is 0 Å². The number of hydrogen-bond donors (Lipinski definition) is 1. The zero-order valence-corrected chi connectivity index (χ0v) is 11.2. The predicted molar refractivity (Wildman–Crippen MR) is 70.9 cm³/mol. The molecule has 0 spiro atoms. The van der Waals surface area contributed by atoms with Crippen molar-refractivity contribution < 1.29 is 9.13 Å². The van der Waals surface area contributed by atoms with Gasteiger partial charge in [0.2, 0.25) is 0 Å². The van der Waals surface area contributed by atoms with Crippen molar-refractivity contribution in [1.82, 2.24) is 5.32 Å². The third kappa shape index (κ3) is 3.53. The highest BCUT2D eigenvalue weighted by Crippen LogP contribution is 2.34. The zero-order valence-electron chi connectivity index (χ0n) is 11.2. The molecule has 0 aliphatic carbocycles. The number of rotatable bonds is 5. The maximum atomic E-state index is 12.9. The van der Waals surface area contributed by atoms with Crippen molar-refractivity contribution in [3.05, 3.63) is 35.6 Å². The van der Waals surface area contributed by atoms with Gasteiger partial charge in [0.25, 0.3) is 0 Å². The largest absolute Gasteiger partial charge is 0.373 e. The first kappa shape index (κ1) is 13.5. The summed E-state index contributed by atoms with van der Waals surface area (Å²) in [5.41, 5.74) is 1.09. The number of hydrogen-bond acceptors (Lipinski definition) is 2. The molecule has 0 radical (unpaired) electrons. The summed E-state index contributed by atoms with van der Waals surface area (Å²) in [4.78, 5) is 0. The Morgan fingerprint density at radius 1 is 1.33 bits per heavy atom. The summed E-state index contributed by atoms with van der Waals surface area (Å²) in [6.07, 6.45) is 1.19. The van der Waals surface area contributed by atoms with Gasteiger partial charge in [-0.25, -0.2) is 4.39 Å². The van der Waals surface area contributed by atoms with Crippen LogP contribution in [0.1, 0.15) is 31.9 Å². The maximum absolute atomic E-state index is 12.9. The summed E-state index contributed by atoms with van der Waals surface area (Å²) in [5, 5.41) is 3.48. The molecule has 1 heterocycles. The van der Waals surface area contributed by atoms with Crippen molar-refractivity contribution in [3.63, 3.8) is 0 Å². The molecule has 1 aromatic rings. The summed E-state index contributed by atoms with van der Waals surface area (Å²) in [6, 6.07) is 6.69. The van der Waals surface area contributed by atoms with Crippen LogP contribution in [0, 0.1) is 17.7 Å². The molecular formula is C15H22FNO. The molecule has 18 heavy (non-hydrogen) atoms. The van der Waals surface area contributed by atoms with Crippen molar-refractivity contribution in [2.45, 2.75) is 26.4 Å². The summed E-state index contributed by atoms with van der Waals surface area (Å²) < 4.78 is 18.7. The minimum Gasteiger partial charge on any atom is -0.373 e. The van der Waals surface area contributed by atoms with Gasteiger partial charge in [-0.1, -0.05) is 26.0 Å². The Labute approximate surface area is 109 Å². The van der Waals surface area contributed by atoms with E-state index in [9.17, 15) is 4.39 Å². The summed E-state index contributed by atoms with van der Waals surface area (Å²) in [6.45, 7) is 7.22. The molecule has 1 aromatic carbocycles. The van der Waals surface area contributed by atoms with Crippen LogP contribution in [-0.2, 0) is 4.74 Å². The van der Waals surface area contributed by atoms with Gasteiger partial charge in [0.1, 0.15) is 5.82 Å². The van der Waals surface area contributed by atoms with Gasteiger partial charge >= 0.3 is 0 Å². The Morgan fingerprint density at radius 3 is 2.72 bits per heavy atom. The average Bonchev–Trinajstić information content (AvgIpc) is 2.78. The van der Waals surface area contributed by atoms with Crippen molar-refractivity contribution in [2.75, 3.05) is 19.7 Å². The van der Waals surface area contributed by atoms with E-state index in [0.29, 0.717) is 11.8 Å². The van der Waals surface area contributed by atoms with Crippen LogP contribution in [0.25, 0.3) is 0 Å². The lowest BCUT2D eigenvalue weighted by atomic mass is 9.95. The second-order valence-electron chi connectivity index (χ2n) is 5.44. The lowest BCUT2D eigenvalue weighted by Crippen LogP contribution is -2.27. The van der Waals surface area contributed by atoms with Crippen LogP contribution in [0.3, 0.4) is 0 Å². The quantitative estimate of drug-likeness (QED) is 0.868. The van der Waals surface area contributed by atoms with Crippen LogP contribution >= 0.6 is 0 Å². The van der Waals surface area contributed by atoms with Crippen LogP contribution < -0.4 is 5.32 Å². The number of halogens is 1. The molecule has 1 aliphatic heterocycles. The van der Waals surface area contributed by atoms with E-state index in [4.69, 9.17) is 4.74 Å². The van der Waals surface area contributed by atoms with E-state index in [0.717, 1.165) is 31.7 Å². The van der Waals surface area contributed by atoms with Gasteiger partial charge in [-0.2, -0.15) is 0 Å². The van der Waals surface area contributed by atoms with Gasteiger partial charge in [-0.3, -0.25) is 0 Å². The molecular weight excluding hydrogens is 229 g/mol. The molecule has 0 amide bonds. The highest BCUT2D eigenvalue weighted by atomic mass is 19.1. The molecule has 2 nitrogen and oxygen atoms in total. The number of nitrogens with one attached hydrogen (secondary N) is 1. The molecule has 3 heteroatoms. The first-order chi connectivity index (χ1) is 8.66. The Balaban J connectivity index is 1.92. The summed E-state index contributed by atoms with van der Waals surface area (Å²) >= 11 is 0. The molecule has 2 unspecified atom stereocenters. The lowest BCUT2D eigenvalue weighted by molar-refractivity contribution is 0.0903. The van der Waals surface area contributed by atoms with E-state index in [-0.39, 0.29) is 11.9 Å². The fourth-order valence-electron chi connectivity index (χ4n) is 2.42.